The fourth-order valence-corrected chi connectivity index (χ4v) is 4.23. The Bertz CT molecular complexity index is 491. The van der Waals surface area contributed by atoms with Gasteiger partial charge in [-0.25, -0.2) is 4.79 Å². The second-order valence-electron chi connectivity index (χ2n) is 8.44. The van der Waals surface area contributed by atoms with Crippen molar-refractivity contribution in [2.24, 2.45) is 11.8 Å². The maximum Gasteiger partial charge on any atom is 0.345 e. The number of carbonyl (C=O) groups excluding carboxylic acids is 2. The lowest BCUT2D eigenvalue weighted by atomic mass is 10.0. The van der Waals surface area contributed by atoms with Crippen LogP contribution in [0.15, 0.2) is 11.3 Å². The third-order valence-corrected chi connectivity index (χ3v) is 6.09. The third kappa shape index (κ3) is 8.06. The van der Waals surface area contributed by atoms with E-state index in [9.17, 15) is 14.7 Å². The van der Waals surface area contributed by atoms with Crippen LogP contribution in [-0.4, -0.2) is 23.5 Å². The highest BCUT2D eigenvalue weighted by Crippen LogP contribution is 2.45. The molecule has 0 radical (unpaired) electrons. The van der Waals surface area contributed by atoms with Gasteiger partial charge in [0.15, 0.2) is 6.61 Å². The second kappa shape index (κ2) is 12.2. The van der Waals surface area contributed by atoms with Crippen LogP contribution in [0.3, 0.4) is 0 Å². The van der Waals surface area contributed by atoms with Gasteiger partial charge in [-0.05, 0) is 24.7 Å². The SMILES string of the molecule is CCCCCCCCC1CC1CCCCCCCC(O)=C1C(=O)COC1=O. The van der Waals surface area contributed by atoms with Gasteiger partial charge in [-0.2, -0.15) is 0 Å². The average molecular weight is 379 g/mol. The highest BCUT2D eigenvalue weighted by atomic mass is 16.5. The zero-order valence-electron chi connectivity index (χ0n) is 17.1. The summed E-state index contributed by atoms with van der Waals surface area (Å²) in [5.74, 6) is 0.866. The highest BCUT2D eigenvalue weighted by molar-refractivity contribution is 6.22. The lowest BCUT2D eigenvalue weighted by Gasteiger charge is -2.04. The highest BCUT2D eigenvalue weighted by Gasteiger charge is 2.35. The van der Waals surface area contributed by atoms with Gasteiger partial charge >= 0.3 is 5.97 Å². The Kier molecular flexibility index (Phi) is 9.93. The van der Waals surface area contributed by atoms with Crippen molar-refractivity contribution < 1.29 is 19.4 Å². The maximum atomic E-state index is 11.5. The summed E-state index contributed by atoms with van der Waals surface area (Å²) in [4.78, 5) is 22.8. The van der Waals surface area contributed by atoms with Crippen molar-refractivity contribution in [3.8, 4) is 0 Å². The summed E-state index contributed by atoms with van der Waals surface area (Å²) < 4.78 is 4.64. The zero-order chi connectivity index (χ0) is 19.5. The molecular formula is C23H38O4. The van der Waals surface area contributed by atoms with Crippen LogP contribution in [0.25, 0.3) is 0 Å². The summed E-state index contributed by atoms with van der Waals surface area (Å²) in [6.07, 6.45) is 18.7. The number of hydrogen-bond acceptors (Lipinski definition) is 4. The molecule has 4 heteroatoms. The van der Waals surface area contributed by atoms with E-state index in [0.717, 1.165) is 31.1 Å². The summed E-state index contributed by atoms with van der Waals surface area (Å²) in [7, 11) is 0. The molecule has 27 heavy (non-hydrogen) atoms. The number of hydrogen-bond donors (Lipinski definition) is 1. The molecule has 2 fully saturated rings. The predicted octanol–water partition coefficient (Wildman–Crippen LogP) is 6.04. The molecule has 1 heterocycles. The fraction of sp³-hybridized carbons (Fsp3) is 0.826. The monoisotopic (exact) mass is 378 g/mol. The smallest absolute Gasteiger partial charge is 0.345 e. The number of rotatable bonds is 15. The van der Waals surface area contributed by atoms with Gasteiger partial charge in [0.1, 0.15) is 11.3 Å². The standard InChI is InChI=1S/C23H38O4/c1-2-3-4-5-7-10-13-18-16-19(18)14-11-8-6-9-12-15-20(24)22-21(25)17-27-23(22)26/h18-19,24H,2-17H2,1H3. The van der Waals surface area contributed by atoms with Gasteiger partial charge in [0.25, 0.3) is 0 Å². The van der Waals surface area contributed by atoms with Crippen molar-refractivity contribution in [1.29, 1.82) is 0 Å². The van der Waals surface area contributed by atoms with Gasteiger partial charge in [0, 0.05) is 6.42 Å². The molecule has 2 atom stereocenters. The van der Waals surface area contributed by atoms with Gasteiger partial charge in [0.2, 0.25) is 5.78 Å². The summed E-state index contributed by atoms with van der Waals surface area (Å²) in [6, 6.07) is 0. The first-order valence-electron chi connectivity index (χ1n) is 11.3. The first kappa shape index (κ1) is 22.0. The van der Waals surface area contributed by atoms with Gasteiger partial charge in [-0.15, -0.1) is 0 Å². The number of ether oxygens (including phenoxy) is 1. The number of cyclic esters (lactones) is 1. The molecule has 1 saturated carbocycles. The molecule has 1 N–H and O–H groups in total. The number of carbonyl (C=O) groups is 2. The van der Waals surface area contributed by atoms with Gasteiger partial charge in [-0.1, -0.05) is 84.0 Å². The van der Waals surface area contributed by atoms with Gasteiger partial charge in [-0.3, -0.25) is 4.79 Å². The summed E-state index contributed by atoms with van der Waals surface area (Å²) in [5.41, 5.74) is -0.125. The zero-order valence-corrected chi connectivity index (χ0v) is 17.1. The van der Waals surface area contributed by atoms with Crippen LogP contribution in [0.4, 0.5) is 0 Å². The van der Waals surface area contributed by atoms with Crippen molar-refractivity contribution in [2.75, 3.05) is 6.61 Å². The molecule has 0 aromatic carbocycles. The van der Waals surface area contributed by atoms with Crippen LogP contribution >= 0.6 is 0 Å². The van der Waals surface area contributed by atoms with E-state index in [1.54, 1.807) is 0 Å². The van der Waals surface area contributed by atoms with Crippen molar-refractivity contribution in [3.63, 3.8) is 0 Å². The first-order valence-corrected chi connectivity index (χ1v) is 11.3. The number of esters is 1. The Hall–Kier alpha value is -1.32. The normalized spacial score (nSPS) is 23.6. The van der Waals surface area contributed by atoms with Crippen LogP contribution in [0.1, 0.15) is 103 Å². The largest absolute Gasteiger partial charge is 0.511 e. The average Bonchev–Trinajstić information content (AvgIpc) is 3.31. The minimum absolute atomic E-state index is 0.0852. The number of ketones is 1. The molecule has 1 aliphatic heterocycles. The van der Waals surface area contributed by atoms with E-state index in [1.165, 1.54) is 70.6 Å². The number of aliphatic hydroxyl groups excluding tert-OH is 1. The summed E-state index contributed by atoms with van der Waals surface area (Å²) >= 11 is 0. The first-order chi connectivity index (χ1) is 13.1. The minimum Gasteiger partial charge on any atom is -0.511 e. The van der Waals surface area contributed by atoms with E-state index in [0.29, 0.717) is 6.42 Å². The molecule has 4 nitrogen and oxygen atoms in total. The minimum atomic E-state index is -0.669. The van der Waals surface area contributed by atoms with E-state index in [2.05, 4.69) is 11.7 Å². The fourth-order valence-electron chi connectivity index (χ4n) is 4.23. The Labute approximate surface area is 164 Å². The molecule has 154 valence electrons. The number of Topliss-reactive ketones (excluding diaryl/α,β-unsaturated/α-hetero) is 1. The van der Waals surface area contributed by atoms with Gasteiger partial charge < -0.3 is 9.84 Å². The van der Waals surface area contributed by atoms with E-state index < -0.39 is 11.8 Å². The predicted molar refractivity (Wildman–Crippen MR) is 108 cm³/mol. The van der Waals surface area contributed by atoms with Crippen LogP contribution in [-0.2, 0) is 14.3 Å². The molecule has 2 unspecified atom stereocenters. The van der Waals surface area contributed by atoms with Crippen LogP contribution < -0.4 is 0 Å². The molecule has 0 bridgehead atoms. The Morgan fingerprint density at radius 2 is 1.44 bits per heavy atom. The molecule has 1 aliphatic carbocycles. The van der Waals surface area contributed by atoms with Crippen LogP contribution in [0.2, 0.25) is 0 Å². The number of aliphatic hydroxyl groups is 1. The lowest BCUT2D eigenvalue weighted by molar-refractivity contribution is -0.135. The Morgan fingerprint density at radius 3 is 2.00 bits per heavy atom. The van der Waals surface area contributed by atoms with Crippen molar-refractivity contribution in [3.05, 3.63) is 11.3 Å². The molecule has 1 saturated heterocycles. The van der Waals surface area contributed by atoms with Gasteiger partial charge in [0.05, 0.1) is 0 Å². The summed E-state index contributed by atoms with van der Waals surface area (Å²) in [5, 5.41) is 9.89. The molecular weight excluding hydrogens is 340 g/mol. The van der Waals surface area contributed by atoms with E-state index >= 15 is 0 Å². The maximum absolute atomic E-state index is 11.5. The quantitative estimate of drug-likeness (QED) is 0.124. The van der Waals surface area contributed by atoms with Crippen molar-refractivity contribution in [2.45, 2.75) is 103 Å². The van der Waals surface area contributed by atoms with E-state index in [1.807, 2.05) is 0 Å². The molecule has 0 spiro atoms. The van der Waals surface area contributed by atoms with Crippen molar-refractivity contribution >= 4 is 11.8 Å². The summed E-state index contributed by atoms with van der Waals surface area (Å²) in [6.45, 7) is 2.05. The second-order valence-corrected chi connectivity index (χ2v) is 8.44. The van der Waals surface area contributed by atoms with Crippen LogP contribution in [0, 0.1) is 11.8 Å². The molecule has 2 aliphatic rings. The van der Waals surface area contributed by atoms with Crippen LogP contribution in [0.5, 0.6) is 0 Å². The molecule has 0 aromatic heterocycles. The number of allylic oxidation sites excluding steroid dienone is 1. The molecule has 2 rings (SSSR count). The topological polar surface area (TPSA) is 63.6 Å². The third-order valence-electron chi connectivity index (χ3n) is 6.09. The number of unbranched alkanes of at least 4 members (excludes halogenated alkanes) is 9. The Morgan fingerprint density at radius 1 is 0.889 bits per heavy atom. The Balaban J connectivity index is 1.40. The van der Waals surface area contributed by atoms with E-state index in [-0.39, 0.29) is 17.9 Å². The molecule has 0 aromatic rings. The lowest BCUT2D eigenvalue weighted by Crippen LogP contribution is -2.05. The molecule has 0 amide bonds. The van der Waals surface area contributed by atoms with Crippen molar-refractivity contribution in [1.82, 2.24) is 0 Å². The van der Waals surface area contributed by atoms with E-state index in [4.69, 9.17) is 0 Å².